The average Bonchev–Trinajstić information content (AvgIpc) is 2.47. The predicted octanol–water partition coefficient (Wildman–Crippen LogP) is 0.334. The Bertz CT molecular complexity index is 565. The van der Waals surface area contributed by atoms with Crippen LogP contribution in [0.5, 0.6) is 5.75 Å². The Kier molecular flexibility index (Phi) is 3.79. The third-order valence-corrected chi connectivity index (χ3v) is 3.89. The Hall–Kier alpha value is -2.08. The highest BCUT2D eigenvalue weighted by molar-refractivity contribution is 5.95. The molecule has 2 amide bonds. The fourth-order valence-corrected chi connectivity index (χ4v) is 2.58. The molecule has 2 heterocycles. The maximum atomic E-state index is 12.3. The number of nitrogens with zero attached hydrogens (tertiary/aromatic N) is 2. The van der Waals surface area contributed by atoms with Crippen LogP contribution in [-0.2, 0) is 16.0 Å². The first-order valence-corrected chi connectivity index (χ1v) is 7.14. The molecule has 1 N–H and O–H groups in total. The number of likely N-dealkylation sites (N-methyl/N-ethyl adjacent to an activating group) is 1. The van der Waals surface area contributed by atoms with E-state index in [2.05, 4.69) is 17.3 Å². The van der Waals surface area contributed by atoms with Gasteiger partial charge in [-0.3, -0.25) is 9.59 Å². The van der Waals surface area contributed by atoms with Crippen LogP contribution in [0.25, 0.3) is 0 Å². The summed E-state index contributed by atoms with van der Waals surface area (Å²) in [5.74, 6) is 0.626. The summed E-state index contributed by atoms with van der Waals surface area (Å²) in [7, 11) is 2.06. The maximum absolute atomic E-state index is 12.3. The minimum absolute atomic E-state index is 0.0482. The molecule has 0 unspecified atom stereocenters. The first kappa shape index (κ1) is 13.9. The van der Waals surface area contributed by atoms with E-state index in [1.165, 1.54) is 0 Å². The molecule has 0 aromatic heterocycles. The highest BCUT2D eigenvalue weighted by Gasteiger charge is 2.20. The SMILES string of the molecule is CN1CCN(C(=O)Cc2ccc3c(c2)NC(=O)CO3)CC1. The van der Waals surface area contributed by atoms with E-state index in [0.717, 1.165) is 31.7 Å². The van der Waals surface area contributed by atoms with Gasteiger partial charge in [-0.15, -0.1) is 0 Å². The second kappa shape index (κ2) is 5.73. The standard InChI is InChI=1S/C15H19N3O3/c1-17-4-6-18(7-5-17)15(20)9-11-2-3-13-12(8-11)16-14(19)10-21-13/h2-3,8H,4-7,9-10H2,1H3,(H,16,19). The highest BCUT2D eigenvalue weighted by atomic mass is 16.5. The minimum Gasteiger partial charge on any atom is -0.482 e. The van der Waals surface area contributed by atoms with Crippen molar-refractivity contribution in [2.75, 3.05) is 45.2 Å². The van der Waals surface area contributed by atoms with E-state index in [9.17, 15) is 9.59 Å². The van der Waals surface area contributed by atoms with Crippen LogP contribution in [0.4, 0.5) is 5.69 Å². The van der Waals surface area contributed by atoms with Crippen molar-refractivity contribution in [3.63, 3.8) is 0 Å². The molecule has 6 heteroatoms. The molecular formula is C15H19N3O3. The van der Waals surface area contributed by atoms with Crippen molar-refractivity contribution in [2.45, 2.75) is 6.42 Å². The molecule has 0 saturated carbocycles. The van der Waals surface area contributed by atoms with Gasteiger partial charge >= 0.3 is 0 Å². The van der Waals surface area contributed by atoms with Gasteiger partial charge in [-0.2, -0.15) is 0 Å². The highest BCUT2D eigenvalue weighted by Crippen LogP contribution is 2.28. The topological polar surface area (TPSA) is 61.9 Å². The fraction of sp³-hybridized carbons (Fsp3) is 0.467. The fourth-order valence-electron chi connectivity index (χ4n) is 2.58. The van der Waals surface area contributed by atoms with Crippen LogP contribution in [0.3, 0.4) is 0 Å². The molecule has 2 aliphatic rings. The van der Waals surface area contributed by atoms with Gasteiger partial charge in [-0.1, -0.05) is 6.07 Å². The first-order chi connectivity index (χ1) is 10.1. The van der Waals surface area contributed by atoms with Gasteiger partial charge in [-0.05, 0) is 24.7 Å². The number of ether oxygens (including phenoxy) is 1. The number of rotatable bonds is 2. The van der Waals surface area contributed by atoms with E-state index in [1.807, 2.05) is 17.0 Å². The lowest BCUT2D eigenvalue weighted by molar-refractivity contribution is -0.132. The maximum Gasteiger partial charge on any atom is 0.262 e. The Morgan fingerprint density at radius 1 is 1.29 bits per heavy atom. The number of carbonyl (C=O) groups is 2. The molecule has 21 heavy (non-hydrogen) atoms. The largest absolute Gasteiger partial charge is 0.482 e. The molecule has 0 aliphatic carbocycles. The number of carbonyl (C=O) groups excluding carboxylic acids is 2. The van der Waals surface area contributed by atoms with Crippen molar-refractivity contribution >= 4 is 17.5 Å². The van der Waals surface area contributed by atoms with E-state index in [0.29, 0.717) is 17.9 Å². The molecule has 112 valence electrons. The molecule has 1 fully saturated rings. The number of nitrogens with one attached hydrogen (secondary N) is 1. The lowest BCUT2D eigenvalue weighted by Gasteiger charge is -2.32. The second-order valence-corrected chi connectivity index (χ2v) is 5.53. The van der Waals surface area contributed by atoms with Gasteiger partial charge in [0.15, 0.2) is 6.61 Å². The molecule has 0 bridgehead atoms. The normalized spacial score (nSPS) is 18.7. The van der Waals surface area contributed by atoms with Crippen LogP contribution in [-0.4, -0.2) is 61.4 Å². The molecule has 1 aromatic carbocycles. The summed E-state index contributed by atoms with van der Waals surface area (Å²) in [5, 5.41) is 2.76. The van der Waals surface area contributed by atoms with Crippen molar-refractivity contribution in [1.29, 1.82) is 0 Å². The Balaban J connectivity index is 1.66. The van der Waals surface area contributed by atoms with Gasteiger partial charge in [0, 0.05) is 26.2 Å². The summed E-state index contributed by atoms with van der Waals surface area (Å²) >= 11 is 0. The van der Waals surface area contributed by atoms with Crippen LogP contribution in [0.1, 0.15) is 5.56 Å². The number of hydrogen-bond donors (Lipinski definition) is 1. The number of fused-ring (bicyclic) bond motifs is 1. The number of hydrogen-bond acceptors (Lipinski definition) is 4. The average molecular weight is 289 g/mol. The molecule has 0 radical (unpaired) electrons. The molecular weight excluding hydrogens is 270 g/mol. The minimum atomic E-state index is -0.162. The zero-order valence-corrected chi connectivity index (χ0v) is 12.1. The van der Waals surface area contributed by atoms with Crippen molar-refractivity contribution in [3.05, 3.63) is 23.8 Å². The van der Waals surface area contributed by atoms with Gasteiger partial charge in [-0.25, -0.2) is 0 Å². The van der Waals surface area contributed by atoms with E-state index < -0.39 is 0 Å². The van der Waals surface area contributed by atoms with Crippen LogP contribution in [0, 0.1) is 0 Å². The van der Waals surface area contributed by atoms with Crippen LogP contribution < -0.4 is 10.1 Å². The number of anilines is 1. The smallest absolute Gasteiger partial charge is 0.262 e. The molecule has 0 atom stereocenters. The van der Waals surface area contributed by atoms with Gasteiger partial charge in [0.1, 0.15) is 5.75 Å². The van der Waals surface area contributed by atoms with E-state index in [4.69, 9.17) is 4.74 Å². The van der Waals surface area contributed by atoms with Crippen LogP contribution in [0.2, 0.25) is 0 Å². The zero-order valence-electron chi connectivity index (χ0n) is 12.1. The summed E-state index contributed by atoms with van der Waals surface area (Å²) in [6.07, 6.45) is 0.354. The molecule has 6 nitrogen and oxygen atoms in total. The second-order valence-electron chi connectivity index (χ2n) is 5.53. The summed E-state index contributed by atoms with van der Waals surface area (Å²) < 4.78 is 5.31. The van der Waals surface area contributed by atoms with E-state index in [1.54, 1.807) is 6.07 Å². The lowest BCUT2D eigenvalue weighted by Crippen LogP contribution is -2.47. The summed E-state index contributed by atoms with van der Waals surface area (Å²) in [5.41, 5.74) is 1.54. The van der Waals surface area contributed by atoms with Gasteiger partial charge in [0.2, 0.25) is 5.91 Å². The summed E-state index contributed by atoms with van der Waals surface area (Å²) in [6, 6.07) is 5.51. The third-order valence-electron chi connectivity index (χ3n) is 3.89. The summed E-state index contributed by atoms with van der Waals surface area (Å²) in [4.78, 5) is 27.7. The van der Waals surface area contributed by atoms with Crippen LogP contribution in [0.15, 0.2) is 18.2 Å². The zero-order chi connectivity index (χ0) is 14.8. The predicted molar refractivity (Wildman–Crippen MR) is 78.3 cm³/mol. The number of amides is 2. The monoisotopic (exact) mass is 289 g/mol. The van der Waals surface area contributed by atoms with Crippen molar-refractivity contribution in [2.24, 2.45) is 0 Å². The summed E-state index contributed by atoms with van der Waals surface area (Å²) in [6.45, 7) is 3.44. The molecule has 1 saturated heterocycles. The molecule has 0 spiro atoms. The first-order valence-electron chi connectivity index (χ1n) is 7.14. The Morgan fingerprint density at radius 2 is 2.05 bits per heavy atom. The number of benzene rings is 1. The number of piperazine rings is 1. The van der Waals surface area contributed by atoms with E-state index in [-0.39, 0.29) is 18.4 Å². The Labute approximate surface area is 123 Å². The van der Waals surface area contributed by atoms with E-state index >= 15 is 0 Å². The Morgan fingerprint density at radius 3 is 2.81 bits per heavy atom. The third kappa shape index (κ3) is 3.16. The quantitative estimate of drug-likeness (QED) is 0.852. The van der Waals surface area contributed by atoms with Crippen LogP contribution >= 0.6 is 0 Å². The van der Waals surface area contributed by atoms with Crippen molar-refractivity contribution in [3.8, 4) is 5.75 Å². The van der Waals surface area contributed by atoms with Gasteiger partial charge in [0.25, 0.3) is 5.91 Å². The van der Waals surface area contributed by atoms with Gasteiger partial charge < -0.3 is 19.9 Å². The molecule has 1 aromatic rings. The molecule has 2 aliphatic heterocycles. The lowest BCUT2D eigenvalue weighted by atomic mass is 10.1. The van der Waals surface area contributed by atoms with Crippen molar-refractivity contribution in [1.82, 2.24) is 9.80 Å². The van der Waals surface area contributed by atoms with Gasteiger partial charge in [0.05, 0.1) is 12.1 Å². The molecule has 3 rings (SSSR count). The van der Waals surface area contributed by atoms with Crippen molar-refractivity contribution < 1.29 is 14.3 Å².